The lowest BCUT2D eigenvalue weighted by Gasteiger charge is -2.34. The minimum Gasteiger partial charge on any atom is -0.369 e. The van der Waals surface area contributed by atoms with Crippen molar-refractivity contribution in [2.45, 2.75) is 78.0 Å². The van der Waals surface area contributed by atoms with Crippen LogP contribution in [0.3, 0.4) is 0 Å². The zero-order chi connectivity index (χ0) is 13.6. The predicted octanol–water partition coefficient (Wildman–Crippen LogP) is 3.60. The quantitative estimate of drug-likeness (QED) is 0.829. The molecule has 1 saturated carbocycles. The lowest BCUT2D eigenvalue weighted by atomic mass is 9.73. The molecule has 0 spiro atoms. The molecule has 1 heterocycles. The van der Waals surface area contributed by atoms with Crippen molar-refractivity contribution in [3.63, 3.8) is 0 Å². The number of nitrogens with one attached hydrogen (secondary N) is 1. The maximum absolute atomic E-state index is 6.28. The monoisotopic (exact) mass is 253 g/mol. The van der Waals surface area contributed by atoms with Gasteiger partial charge in [-0.25, -0.2) is 0 Å². The first-order chi connectivity index (χ1) is 8.27. The fourth-order valence-electron chi connectivity index (χ4n) is 4.59. The maximum Gasteiger partial charge on any atom is 0.0665 e. The van der Waals surface area contributed by atoms with Crippen molar-refractivity contribution in [2.24, 2.45) is 17.8 Å². The lowest BCUT2D eigenvalue weighted by molar-refractivity contribution is -0.0816. The van der Waals surface area contributed by atoms with Crippen molar-refractivity contribution in [2.75, 3.05) is 6.54 Å². The molecule has 0 amide bonds. The van der Waals surface area contributed by atoms with Crippen LogP contribution >= 0.6 is 0 Å². The van der Waals surface area contributed by atoms with E-state index in [1.807, 2.05) is 0 Å². The topological polar surface area (TPSA) is 21.3 Å². The summed E-state index contributed by atoms with van der Waals surface area (Å²) in [5.41, 5.74) is 0.105. The molecule has 4 atom stereocenters. The third-order valence-electron chi connectivity index (χ3n) is 5.25. The van der Waals surface area contributed by atoms with E-state index < -0.39 is 0 Å². The molecule has 1 aliphatic carbocycles. The summed E-state index contributed by atoms with van der Waals surface area (Å²) in [5, 5.41) is 3.65. The van der Waals surface area contributed by atoms with Crippen LogP contribution in [0.5, 0.6) is 0 Å². The SMILES string of the molecule is CCNC1CCC(C2CC(C)(C)OC2(C)C)C1C. The number of rotatable bonds is 3. The van der Waals surface area contributed by atoms with E-state index in [9.17, 15) is 0 Å². The molecule has 2 rings (SSSR count). The van der Waals surface area contributed by atoms with Crippen LogP contribution in [0.25, 0.3) is 0 Å². The normalized spacial score (nSPS) is 42.3. The maximum atomic E-state index is 6.28. The third-order valence-corrected chi connectivity index (χ3v) is 5.25. The summed E-state index contributed by atoms with van der Waals surface area (Å²) in [6.45, 7) is 14.8. The van der Waals surface area contributed by atoms with Crippen LogP contribution in [0.1, 0.15) is 60.8 Å². The Morgan fingerprint density at radius 1 is 1.17 bits per heavy atom. The minimum absolute atomic E-state index is 0.0452. The lowest BCUT2D eigenvalue weighted by Crippen LogP contribution is -2.38. The van der Waals surface area contributed by atoms with Gasteiger partial charge in [0.15, 0.2) is 0 Å². The number of hydrogen-bond acceptors (Lipinski definition) is 2. The van der Waals surface area contributed by atoms with E-state index in [1.165, 1.54) is 19.3 Å². The Labute approximate surface area is 113 Å². The van der Waals surface area contributed by atoms with E-state index in [4.69, 9.17) is 4.74 Å². The highest BCUT2D eigenvalue weighted by Crippen LogP contribution is 2.51. The molecule has 2 heteroatoms. The van der Waals surface area contributed by atoms with Gasteiger partial charge in [0.2, 0.25) is 0 Å². The summed E-state index contributed by atoms with van der Waals surface area (Å²) in [7, 11) is 0. The van der Waals surface area contributed by atoms with Crippen molar-refractivity contribution in [1.82, 2.24) is 5.32 Å². The molecule has 0 aromatic heterocycles. The van der Waals surface area contributed by atoms with E-state index in [0.29, 0.717) is 5.92 Å². The highest BCUT2D eigenvalue weighted by molar-refractivity contribution is 5.01. The number of ether oxygens (including phenoxy) is 1. The highest BCUT2D eigenvalue weighted by atomic mass is 16.5. The molecule has 0 radical (unpaired) electrons. The van der Waals surface area contributed by atoms with Gasteiger partial charge in [0.25, 0.3) is 0 Å². The molecule has 4 unspecified atom stereocenters. The Morgan fingerprint density at radius 3 is 2.33 bits per heavy atom. The zero-order valence-corrected chi connectivity index (χ0v) is 13.0. The van der Waals surface area contributed by atoms with Gasteiger partial charge in [-0.1, -0.05) is 13.8 Å². The second-order valence-corrected chi connectivity index (χ2v) is 7.54. The molecule has 0 aromatic carbocycles. The van der Waals surface area contributed by atoms with Gasteiger partial charge in [0.1, 0.15) is 0 Å². The van der Waals surface area contributed by atoms with Crippen molar-refractivity contribution < 1.29 is 4.74 Å². The molecule has 1 saturated heterocycles. The highest BCUT2D eigenvalue weighted by Gasteiger charge is 2.51. The van der Waals surface area contributed by atoms with Gasteiger partial charge in [-0.15, -0.1) is 0 Å². The van der Waals surface area contributed by atoms with Crippen LogP contribution in [-0.2, 0) is 4.74 Å². The summed E-state index contributed by atoms with van der Waals surface area (Å²) >= 11 is 0. The van der Waals surface area contributed by atoms with Gasteiger partial charge in [0.05, 0.1) is 11.2 Å². The van der Waals surface area contributed by atoms with Crippen molar-refractivity contribution in [1.29, 1.82) is 0 Å². The predicted molar refractivity (Wildman–Crippen MR) is 76.7 cm³/mol. The average Bonchev–Trinajstić information content (AvgIpc) is 2.66. The van der Waals surface area contributed by atoms with Gasteiger partial charge in [-0.05, 0) is 71.3 Å². The van der Waals surface area contributed by atoms with E-state index in [0.717, 1.165) is 24.4 Å². The van der Waals surface area contributed by atoms with Gasteiger partial charge < -0.3 is 10.1 Å². The van der Waals surface area contributed by atoms with E-state index >= 15 is 0 Å². The van der Waals surface area contributed by atoms with Crippen LogP contribution in [-0.4, -0.2) is 23.8 Å². The Balaban J connectivity index is 2.09. The second kappa shape index (κ2) is 4.79. The number of hydrogen-bond donors (Lipinski definition) is 1. The molecule has 0 aromatic rings. The minimum atomic E-state index is 0.0452. The van der Waals surface area contributed by atoms with Gasteiger partial charge in [0, 0.05) is 6.04 Å². The summed E-state index contributed by atoms with van der Waals surface area (Å²) in [5.74, 6) is 2.32. The summed E-state index contributed by atoms with van der Waals surface area (Å²) in [6.07, 6.45) is 3.92. The first-order valence-corrected chi connectivity index (χ1v) is 7.70. The molecule has 1 aliphatic heterocycles. The summed E-state index contributed by atoms with van der Waals surface area (Å²) in [4.78, 5) is 0. The molecule has 0 bridgehead atoms. The standard InChI is InChI=1S/C16H31NO/c1-7-17-14-9-8-12(11(14)2)13-10-15(3,4)18-16(13,5)6/h11-14,17H,7-10H2,1-6H3. The van der Waals surface area contributed by atoms with Crippen molar-refractivity contribution >= 4 is 0 Å². The van der Waals surface area contributed by atoms with E-state index in [2.05, 4.69) is 46.9 Å². The fraction of sp³-hybridized carbons (Fsp3) is 1.00. The first-order valence-electron chi connectivity index (χ1n) is 7.70. The average molecular weight is 253 g/mol. The van der Waals surface area contributed by atoms with Crippen molar-refractivity contribution in [3.8, 4) is 0 Å². The first kappa shape index (κ1) is 14.3. The Morgan fingerprint density at radius 2 is 1.83 bits per heavy atom. The van der Waals surface area contributed by atoms with E-state index in [1.54, 1.807) is 0 Å². The molecule has 1 N–H and O–H groups in total. The van der Waals surface area contributed by atoms with Crippen LogP contribution in [0, 0.1) is 17.8 Å². The fourth-order valence-corrected chi connectivity index (χ4v) is 4.59. The molecular formula is C16H31NO. The van der Waals surface area contributed by atoms with Crippen molar-refractivity contribution in [3.05, 3.63) is 0 Å². The molecule has 2 fully saturated rings. The van der Waals surface area contributed by atoms with Gasteiger partial charge >= 0.3 is 0 Å². The summed E-state index contributed by atoms with van der Waals surface area (Å²) < 4.78 is 6.28. The Hall–Kier alpha value is -0.0800. The Kier molecular flexibility index (Phi) is 3.81. The largest absolute Gasteiger partial charge is 0.369 e. The smallest absolute Gasteiger partial charge is 0.0665 e. The van der Waals surface area contributed by atoms with Gasteiger partial charge in [-0.3, -0.25) is 0 Å². The van der Waals surface area contributed by atoms with Crippen LogP contribution in [0.15, 0.2) is 0 Å². The molecule has 18 heavy (non-hydrogen) atoms. The third kappa shape index (κ3) is 2.60. The second-order valence-electron chi connectivity index (χ2n) is 7.54. The molecule has 2 aliphatic rings. The zero-order valence-electron chi connectivity index (χ0n) is 13.0. The molecule has 106 valence electrons. The van der Waals surface area contributed by atoms with Crippen LogP contribution in [0.4, 0.5) is 0 Å². The molecular weight excluding hydrogens is 222 g/mol. The summed E-state index contributed by atoms with van der Waals surface area (Å²) in [6, 6.07) is 0.722. The van der Waals surface area contributed by atoms with E-state index in [-0.39, 0.29) is 11.2 Å². The van der Waals surface area contributed by atoms with Crippen LogP contribution < -0.4 is 5.32 Å². The van der Waals surface area contributed by atoms with Gasteiger partial charge in [-0.2, -0.15) is 0 Å². The van der Waals surface area contributed by atoms with Crippen LogP contribution in [0.2, 0.25) is 0 Å². The Bertz CT molecular complexity index is 297. The molecule has 2 nitrogen and oxygen atoms in total.